The molecule has 0 aromatic heterocycles. The summed E-state index contributed by atoms with van der Waals surface area (Å²) in [7, 11) is -7.32. The van der Waals surface area contributed by atoms with Gasteiger partial charge in [0, 0.05) is 41.6 Å². The summed E-state index contributed by atoms with van der Waals surface area (Å²) in [5.74, 6) is -0.951. The number of amides is 1. The van der Waals surface area contributed by atoms with Gasteiger partial charge in [-0.1, -0.05) is 6.92 Å². The molecule has 338 valence electrons. The number of aliphatic hydroxyl groups is 6. The van der Waals surface area contributed by atoms with Gasteiger partial charge in [-0.2, -0.15) is 0 Å². The summed E-state index contributed by atoms with van der Waals surface area (Å²) in [5, 5.41) is 61.9. The summed E-state index contributed by atoms with van der Waals surface area (Å²) in [6.45, 7) is 6.22. The molecule has 0 spiro atoms. The first-order chi connectivity index (χ1) is 27.7. The molecule has 2 aliphatic heterocycles. The Morgan fingerprint density at radius 3 is 1.84 bits per heavy atom. The lowest BCUT2D eigenvalue weighted by Gasteiger charge is -2.42. The number of hydrogen-bond donors (Lipinski definition) is 7. The number of carbonyl (C=O) groups is 1. The highest BCUT2D eigenvalue weighted by Gasteiger charge is 2.45. The fourth-order valence-electron chi connectivity index (χ4n) is 5.70. The highest BCUT2D eigenvalue weighted by Crippen LogP contribution is 2.33. The third-order valence-corrected chi connectivity index (χ3v) is 11.7. The molecule has 1 amide bonds. The molecule has 7 N–H and O–H groups in total. The number of aliphatic hydroxyl groups excluding tert-OH is 6. The van der Waals surface area contributed by atoms with Crippen molar-refractivity contribution in [2.45, 2.75) is 140 Å². The Morgan fingerprint density at radius 1 is 0.690 bits per heavy atom. The topological polar surface area (TPSA) is 294 Å². The van der Waals surface area contributed by atoms with Crippen molar-refractivity contribution in [1.82, 2.24) is 5.32 Å². The molecule has 58 heavy (non-hydrogen) atoms. The van der Waals surface area contributed by atoms with Gasteiger partial charge in [0.25, 0.3) is 0 Å². The number of hydrogen-bond acceptors (Lipinski definition) is 20. The highest BCUT2D eigenvalue weighted by molar-refractivity contribution is 7.39. The summed E-state index contributed by atoms with van der Waals surface area (Å²) in [6.07, 6.45) is -6.48. The Morgan fingerprint density at radius 2 is 1.24 bits per heavy atom. The van der Waals surface area contributed by atoms with E-state index in [-0.39, 0.29) is 58.3 Å². The van der Waals surface area contributed by atoms with E-state index in [0.717, 1.165) is 0 Å². The van der Waals surface area contributed by atoms with E-state index in [1.807, 2.05) is 13.8 Å². The van der Waals surface area contributed by atoms with E-state index >= 15 is 0 Å². The smallest absolute Gasteiger partial charge is 0.394 e. The van der Waals surface area contributed by atoms with Crippen LogP contribution in [0.1, 0.15) is 72.6 Å². The van der Waals surface area contributed by atoms with Gasteiger partial charge in [-0.3, -0.25) is 4.79 Å². The number of carbonyl (C=O) groups excluding carboxylic acids is 1. The van der Waals surface area contributed by atoms with E-state index in [4.69, 9.17) is 46.3 Å². The average molecular weight is 901 g/mol. The molecule has 2 heterocycles. The van der Waals surface area contributed by atoms with Crippen LogP contribution < -0.4 is 5.32 Å². The van der Waals surface area contributed by atoms with E-state index in [1.54, 1.807) is 6.92 Å². The Hall–Kier alpha value is -0.870. The monoisotopic (exact) mass is 900 g/mol. The van der Waals surface area contributed by atoms with Crippen molar-refractivity contribution in [3.8, 4) is 0 Å². The molecule has 0 aromatic rings. The number of unbranched alkanes of at least 4 members (excludes halogenated alkanes) is 4. The highest BCUT2D eigenvalue weighted by atomic mass is 31.1. The largest absolute Gasteiger partial charge is 0.697 e. The van der Waals surface area contributed by atoms with E-state index in [2.05, 4.69) is 5.32 Å². The lowest BCUT2D eigenvalue weighted by molar-refractivity contribution is -0.282. The maximum absolute atomic E-state index is 12.6. The summed E-state index contributed by atoms with van der Waals surface area (Å²) >= 11 is 0. The minimum absolute atomic E-state index is 0.00454. The molecule has 14 unspecified atom stereocenters. The molecule has 2 saturated heterocycles. The summed E-state index contributed by atoms with van der Waals surface area (Å²) in [6, 6.07) is -1.04. The fourth-order valence-corrected chi connectivity index (χ4v) is 7.99. The normalized spacial score (nSPS) is 29.0. The maximum Gasteiger partial charge on any atom is 0.697 e. The first-order valence-corrected chi connectivity index (χ1v) is 23.2. The minimum atomic E-state index is -2.61. The van der Waals surface area contributed by atoms with Crippen LogP contribution in [0.3, 0.4) is 0 Å². The summed E-state index contributed by atoms with van der Waals surface area (Å²) in [5.41, 5.74) is 0. The van der Waals surface area contributed by atoms with Gasteiger partial charge in [0.2, 0.25) is 5.91 Å². The standard InChI is InChI=1S/C34H64NO20P3/c1-22(2)46-16-17-51-58(45)55-25(11-18-56(43)49-14-9-5-7-12-47-33-23(3)29(39)30(40)26(19-36)53-33)21-52-57(44)50-15-10-6-8-13-48-34-28(35-24(4)38)32(42)31(41)27(20-37)54-34/h22-23,25-34,36-37,39-42H,5-21H2,1-4H3/q+2/p+1. The Bertz CT molecular complexity index is 1190. The van der Waals surface area contributed by atoms with Crippen molar-refractivity contribution in [3.63, 3.8) is 0 Å². The Labute approximate surface area is 342 Å². The Kier molecular flexibility index (Phi) is 27.8. The third-order valence-electron chi connectivity index (χ3n) is 8.98. The van der Waals surface area contributed by atoms with Crippen LogP contribution in [-0.2, 0) is 64.8 Å². The number of ether oxygens (including phenoxy) is 5. The van der Waals surface area contributed by atoms with E-state index in [9.17, 15) is 49.1 Å². The zero-order valence-electron chi connectivity index (χ0n) is 33.7. The second-order valence-corrected chi connectivity index (χ2v) is 17.3. The van der Waals surface area contributed by atoms with Crippen molar-refractivity contribution in [2.24, 2.45) is 5.92 Å². The van der Waals surface area contributed by atoms with Crippen LogP contribution >= 0.6 is 24.5 Å². The number of nitrogens with one attached hydrogen (secondary N) is 1. The van der Waals surface area contributed by atoms with Crippen LogP contribution in [0.25, 0.3) is 0 Å². The van der Waals surface area contributed by atoms with Gasteiger partial charge in [0.05, 0.1) is 32.0 Å². The van der Waals surface area contributed by atoms with E-state index in [1.165, 1.54) is 6.92 Å². The predicted octanol–water partition coefficient (Wildman–Crippen LogP) is 1.70. The lowest BCUT2D eigenvalue weighted by atomic mass is 9.92. The van der Waals surface area contributed by atoms with Crippen LogP contribution in [0.2, 0.25) is 0 Å². The molecule has 21 nitrogen and oxygen atoms in total. The molecular formula is C34H65NO20P3+3. The van der Waals surface area contributed by atoms with Gasteiger partial charge in [0.1, 0.15) is 69.1 Å². The van der Waals surface area contributed by atoms with E-state index < -0.39 is 111 Å². The SMILES string of the molecule is CC(=O)NC1C(OCCCCCO[P+](=O)OCC(CC[P+](=O)OCCCCCOC2OC(CO)C(O)C(O)C2C)O[P+](=O)OCCOC(C)C)OC(CO)C(O)C1O. The van der Waals surface area contributed by atoms with Crippen LogP contribution in [-0.4, -0.2) is 170 Å². The van der Waals surface area contributed by atoms with Gasteiger partial charge in [-0.25, -0.2) is 0 Å². The van der Waals surface area contributed by atoms with Gasteiger partial charge in [-0.05, 0) is 56.9 Å². The van der Waals surface area contributed by atoms with Gasteiger partial charge < -0.3 is 59.6 Å². The van der Waals surface area contributed by atoms with Crippen molar-refractivity contribution in [1.29, 1.82) is 0 Å². The maximum atomic E-state index is 12.6. The molecule has 2 aliphatic rings. The van der Waals surface area contributed by atoms with E-state index in [0.29, 0.717) is 45.1 Å². The number of rotatable bonds is 32. The zero-order valence-corrected chi connectivity index (χ0v) is 36.4. The fraction of sp³-hybridized carbons (Fsp3) is 0.971. The Balaban J connectivity index is 1.69. The van der Waals surface area contributed by atoms with Crippen LogP contribution in [0.5, 0.6) is 0 Å². The molecule has 0 saturated carbocycles. The molecule has 2 fully saturated rings. The molecule has 2 rings (SSSR count). The second-order valence-electron chi connectivity index (χ2n) is 14.1. The minimum Gasteiger partial charge on any atom is -0.394 e. The summed E-state index contributed by atoms with van der Waals surface area (Å²) in [4.78, 5) is 11.6. The second kappa shape index (κ2) is 30.2. The third kappa shape index (κ3) is 20.8. The molecule has 0 bridgehead atoms. The van der Waals surface area contributed by atoms with Crippen LogP contribution in [0.15, 0.2) is 0 Å². The zero-order chi connectivity index (χ0) is 43.0. The molecule has 0 aliphatic carbocycles. The van der Waals surface area contributed by atoms with Gasteiger partial charge >= 0.3 is 24.5 Å². The van der Waals surface area contributed by atoms with Gasteiger partial charge in [0.15, 0.2) is 18.7 Å². The van der Waals surface area contributed by atoms with Crippen LogP contribution in [0.4, 0.5) is 0 Å². The van der Waals surface area contributed by atoms with Crippen molar-refractivity contribution >= 4 is 30.4 Å². The molecule has 0 radical (unpaired) electrons. The molecule has 0 aromatic carbocycles. The molecule has 14 atom stereocenters. The van der Waals surface area contributed by atoms with Crippen molar-refractivity contribution in [2.75, 3.05) is 65.6 Å². The van der Waals surface area contributed by atoms with Gasteiger partial charge in [-0.15, -0.1) is 22.6 Å². The predicted molar refractivity (Wildman–Crippen MR) is 204 cm³/mol. The lowest BCUT2D eigenvalue weighted by Crippen LogP contribution is -2.64. The first-order valence-electron chi connectivity index (χ1n) is 19.6. The van der Waals surface area contributed by atoms with Crippen LogP contribution in [0, 0.1) is 5.92 Å². The quantitative estimate of drug-likeness (QED) is 0.0373. The first kappa shape index (κ1) is 53.3. The molecular weight excluding hydrogens is 835 g/mol. The summed E-state index contributed by atoms with van der Waals surface area (Å²) < 4.78 is 92.0. The average Bonchev–Trinajstić information content (AvgIpc) is 3.18. The van der Waals surface area contributed by atoms with Crippen molar-refractivity contribution in [3.05, 3.63) is 0 Å². The molecule has 24 heteroatoms. The van der Waals surface area contributed by atoms with Crippen molar-refractivity contribution < 1.29 is 95.4 Å².